The zero-order valence-electron chi connectivity index (χ0n) is 10.6. The van der Waals surface area contributed by atoms with Crippen molar-refractivity contribution in [1.82, 2.24) is 4.90 Å². The zero-order chi connectivity index (χ0) is 14.0. The third-order valence-electron chi connectivity index (χ3n) is 3.27. The fourth-order valence-electron chi connectivity index (χ4n) is 2.02. The molecule has 0 radical (unpaired) electrons. The fraction of sp³-hybridized carbons (Fsp3) is 0.462. The molecular formula is C13H15Cl2NO2S. The molecule has 104 valence electrons. The number of benzene rings is 1. The van der Waals surface area contributed by atoms with Crippen molar-refractivity contribution in [3.8, 4) is 0 Å². The van der Waals surface area contributed by atoms with Gasteiger partial charge < -0.3 is 4.90 Å². The van der Waals surface area contributed by atoms with Crippen LogP contribution in [0.3, 0.4) is 0 Å². The maximum Gasteiger partial charge on any atom is 0.255 e. The van der Waals surface area contributed by atoms with Crippen molar-refractivity contribution >= 4 is 39.9 Å². The van der Waals surface area contributed by atoms with Crippen molar-refractivity contribution in [2.24, 2.45) is 0 Å². The van der Waals surface area contributed by atoms with Crippen LogP contribution in [0, 0.1) is 0 Å². The van der Waals surface area contributed by atoms with Crippen LogP contribution in [-0.2, 0) is 10.8 Å². The molecule has 19 heavy (non-hydrogen) atoms. The predicted octanol–water partition coefficient (Wildman–Crippen LogP) is 2.98. The highest BCUT2D eigenvalue weighted by molar-refractivity contribution is 7.85. The Hall–Kier alpha value is -0.580. The quantitative estimate of drug-likeness (QED) is 0.798. The first kappa shape index (κ1) is 14.8. The topological polar surface area (TPSA) is 37.4 Å². The average molecular weight is 320 g/mol. The summed E-state index contributed by atoms with van der Waals surface area (Å²) in [6.45, 7) is 3.08. The number of hydrogen-bond donors (Lipinski definition) is 0. The predicted molar refractivity (Wildman–Crippen MR) is 79.5 cm³/mol. The van der Waals surface area contributed by atoms with E-state index in [4.69, 9.17) is 23.2 Å². The molecule has 2 rings (SSSR count). The highest BCUT2D eigenvalue weighted by atomic mass is 35.5. The SMILES string of the molecule is CC1CCN(C(=O)c2ccc(Cl)cc2Cl)CCS1=O. The normalized spacial score (nSPS) is 24.1. The van der Waals surface area contributed by atoms with Gasteiger partial charge in [0.2, 0.25) is 0 Å². The van der Waals surface area contributed by atoms with E-state index in [0.29, 0.717) is 34.5 Å². The summed E-state index contributed by atoms with van der Waals surface area (Å²) in [6.07, 6.45) is 0.754. The Labute approximate surface area is 125 Å². The van der Waals surface area contributed by atoms with Crippen LogP contribution < -0.4 is 0 Å². The number of rotatable bonds is 1. The average Bonchev–Trinajstić information content (AvgIpc) is 2.52. The third-order valence-corrected chi connectivity index (χ3v) is 5.53. The minimum Gasteiger partial charge on any atom is -0.338 e. The summed E-state index contributed by atoms with van der Waals surface area (Å²) in [5.74, 6) is 0.408. The van der Waals surface area contributed by atoms with Crippen LogP contribution in [0.15, 0.2) is 18.2 Å². The van der Waals surface area contributed by atoms with Crippen LogP contribution in [0.2, 0.25) is 10.0 Å². The van der Waals surface area contributed by atoms with Crippen LogP contribution in [0.5, 0.6) is 0 Å². The van der Waals surface area contributed by atoms with E-state index in [1.165, 1.54) is 0 Å². The monoisotopic (exact) mass is 319 g/mol. The summed E-state index contributed by atoms with van der Waals surface area (Å²) in [4.78, 5) is 14.1. The maximum absolute atomic E-state index is 12.4. The smallest absolute Gasteiger partial charge is 0.255 e. The fourth-order valence-corrected chi connectivity index (χ4v) is 3.68. The molecule has 0 aliphatic carbocycles. The highest BCUT2D eigenvalue weighted by Gasteiger charge is 2.24. The van der Waals surface area contributed by atoms with E-state index in [1.807, 2.05) is 6.92 Å². The minimum atomic E-state index is -0.853. The Morgan fingerprint density at radius 1 is 1.37 bits per heavy atom. The second-order valence-corrected chi connectivity index (χ2v) is 7.42. The van der Waals surface area contributed by atoms with Gasteiger partial charge in [-0.1, -0.05) is 30.1 Å². The van der Waals surface area contributed by atoms with Gasteiger partial charge in [0.25, 0.3) is 5.91 Å². The molecule has 1 aromatic rings. The van der Waals surface area contributed by atoms with Crippen molar-refractivity contribution in [3.63, 3.8) is 0 Å². The van der Waals surface area contributed by atoms with E-state index in [9.17, 15) is 9.00 Å². The Balaban J connectivity index is 2.17. The molecule has 0 saturated carbocycles. The van der Waals surface area contributed by atoms with Crippen LogP contribution in [0.25, 0.3) is 0 Å². The van der Waals surface area contributed by atoms with E-state index < -0.39 is 10.8 Å². The molecule has 2 unspecified atom stereocenters. The summed E-state index contributed by atoms with van der Waals surface area (Å²) >= 11 is 11.9. The standard InChI is InChI=1S/C13H15Cl2NO2S/c1-9-4-5-16(6-7-19(9)18)13(17)11-3-2-10(14)8-12(11)15/h2-3,8-9H,4-7H2,1H3. The molecule has 0 aromatic heterocycles. The lowest BCUT2D eigenvalue weighted by Gasteiger charge is -2.20. The summed E-state index contributed by atoms with van der Waals surface area (Å²) in [6, 6.07) is 4.85. The third kappa shape index (κ3) is 3.50. The summed E-state index contributed by atoms with van der Waals surface area (Å²) < 4.78 is 11.8. The molecule has 1 fully saturated rings. The van der Waals surface area contributed by atoms with Crippen molar-refractivity contribution in [3.05, 3.63) is 33.8 Å². The lowest BCUT2D eigenvalue weighted by Crippen LogP contribution is -2.33. The molecular weight excluding hydrogens is 305 g/mol. The first-order valence-corrected chi connectivity index (χ1v) is 8.24. The summed E-state index contributed by atoms with van der Waals surface area (Å²) in [5, 5.41) is 1.00. The van der Waals surface area contributed by atoms with Gasteiger partial charge in [0.05, 0.1) is 10.6 Å². The molecule has 1 aromatic carbocycles. The molecule has 1 amide bonds. The van der Waals surface area contributed by atoms with Gasteiger partial charge in [-0.05, 0) is 24.6 Å². The summed E-state index contributed by atoms with van der Waals surface area (Å²) in [5.41, 5.74) is 0.450. The van der Waals surface area contributed by atoms with E-state index in [1.54, 1.807) is 23.1 Å². The first-order valence-electron chi connectivity index (χ1n) is 6.10. The van der Waals surface area contributed by atoms with Gasteiger partial charge in [0.15, 0.2) is 0 Å². The number of nitrogens with zero attached hydrogens (tertiary/aromatic N) is 1. The Morgan fingerprint density at radius 2 is 2.11 bits per heavy atom. The van der Waals surface area contributed by atoms with Gasteiger partial charge in [0, 0.05) is 39.9 Å². The van der Waals surface area contributed by atoms with Crippen LogP contribution >= 0.6 is 23.2 Å². The molecule has 0 bridgehead atoms. The number of carbonyl (C=O) groups is 1. The van der Waals surface area contributed by atoms with E-state index in [2.05, 4.69) is 0 Å². The van der Waals surface area contributed by atoms with Crippen molar-refractivity contribution < 1.29 is 9.00 Å². The largest absolute Gasteiger partial charge is 0.338 e. The maximum atomic E-state index is 12.4. The highest BCUT2D eigenvalue weighted by Crippen LogP contribution is 2.23. The lowest BCUT2D eigenvalue weighted by molar-refractivity contribution is 0.0767. The van der Waals surface area contributed by atoms with Crippen molar-refractivity contribution in [2.45, 2.75) is 18.6 Å². The molecule has 1 heterocycles. The first-order chi connectivity index (χ1) is 8.99. The molecule has 1 aliphatic heterocycles. The van der Waals surface area contributed by atoms with E-state index in [0.717, 1.165) is 6.42 Å². The van der Waals surface area contributed by atoms with Crippen molar-refractivity contribution in [2.75, 3.05) is 18.8 Å². The number of halogens is 2. The van der Waals surface area contributed by atoms with Crippen LogP contribution in [-0.4, -0.2) is 39.1 Å². The molecule has 2 atom stereocenters. The zero-order valence-corrected chi connectivity index (χ0v) is 12.9. The molecule has 3 nitrogen and oxygen atoms in total. The van der Waals surface area contributed by atoms with Gasteiger partial charge in [-0.15, -0.1) is 0 Å². The van der Waals surface area contributed by atoms with Gasteiger partial charge in [0.1, 0.15) is 0 Å². The van der Waals surface area contributed by atoms with Gasteiger partial charge in [-0.2, -0.15) is 0 Å². The molecule has 6 heteroatoms. The van der Waals surface area contributed by atoms with Crippen LogP contribution in [0.4, 0.5) is 0 Å². The number of carbonyl (C=O) groups excluding carboxylic acids is 1. The Morgan fingerprint density at radius 3 is 2.79 bits per heavy atom. The second-order valence-electron chi connectivity index (χ2n) is 4.60. The number of hydrogen-bond acceptors (Lipinski definition) is 2. The van der Waals surface area contributed by atoms with E-state index in [-0.39, 0.29) is 11.2 Å². The molecule has 1 saturated heterocycles. The Kier molecular flexibility index (Phi) is 4.87. The van der Waals surface area contributed by atoms with Crippen molar-refractivity contribution in [1.29, 1.82) is 0 Å². The van der Waals surface area contributed by atoms with Gasteiger partial charge >= 0.3 is 0 Å². The molecule has 0 N–H and O–H groups in total. The van der Waals surface area contributed by atoms with E-state index >= 15 is 0 Å². The molecule has 1 aliphatic rings. The minimum absolute atomic E-state index is 0.118. The van der Waals surface area contributed by atoms with Gasteiger partial charge in [-0.3, -0.25) is 9.00 Å². The molecule has 0 spiro atoms. The Bertz CT molecular complexity index is 521. The summed E-state index contributed by atoms with van der Waals surface area (Å²) in [7, 11) is -0.853. The van der Waals surface area contributed by atoms with Gasteiger partial charge in [-0.25, -0.2) is 0 Å². The van der Waals surface area contributed by atoms with Crippen LogP contribution in [0.1, 0.15) is 23.7 Å². The lowest BCUT2D eigenvalue weighted by atomic mass is 10.2. The number of amides is 1. The second kappa shape index (κ2) is 6.25.